The average Bonchev–Trinajstić information content (AvgIpc) is 3.23. The van der Waals surface area contributed by atoms with Crippen LogP contribution in [0.15, 0.2) is 112 Å². The SMILES string of the molecule is C.COc1cc(C2C(C#N)=C(N)Oc3c2ccc2cccnc32)cc(Br)c1OC.COc1cc(C=O)cc(Br)c1OC.Oc1cccc2cccnc12.[C-]#[N+]CC#N. The third-order valence-corrected chi connectivity index (χ3v) is 9.28. The molecule has 6 aromatic rings. The minimum atomic E-state index is -0.420. The summed E-state index contributed by atoms with van der Waals surface area (Å²) >= 11 is 6.80. The average molecular weight is 911 g/mol. The van der Waals surface area contributed by atoms with Crippen molar-refractivity contribution in [1.82, 2.24) is 9.97 Å². The van der Waals surface area contributed by atoms with E-state index in [0.717, 1.165) is 28.2 Å². The number of carbonyl (C=O) groups is 1. The molecule has 0 radical (unpaired) electrons. The van der Waals surface area contributed by atoms with Gasteiger partial charge in [-0.1, -0.05) is 43.8 Å². The maximum absolute atomic E-state index is 10.5. The van der Waals surface area contributed by atoms with Crippen molar-refractivity contribution < 1.29 is 33.6 Å². The van der Waals surface area contributed by atoms with Gasteiger partial charge in [-0.15, -0.1) is 0 Å². The topological polar surface area (TPSA) is 187 Å². The number of rotatable bonds is 6. The molecule has 296 valence electrons. The van der Waals surface area contributed by atoms with E-state index < -0.39 is 5.92 Å². The predicted molar refractivity (Wildman–Crippen MR) is 228 cm³/mol. The van der Waals surface area contributed by atoms with E-state index in [4.69, 9.17) is 41.3 Å². The van der Waals surface area contributed by atoms with Crippen LogP contribution in [0, 0.1) is 29.2 Å². The molecule has 0 saturated heterocycles. The molecule has 0 bridgehead atoms. The molecule has 0 spiro atoms. The largest absolute Gasteiger partial charge is 0.506 e. The Balaban J connectivity index is 0.000000248. The summed E-state index contributed by atoms with van der Waals surface area (Å²) in [6, 6.07) is 27.7. The zero-order valence-electron chi connectivity index (χ0n) is 31.0. The van der Waals surface area contributed by atoms with Gasteiger partial charge in [-0.3, -0.25) is 14.8 Å². The number of aromatic nitrogens is 2. The number of nitrogens with zero attached hydrogens (tertiary/aromatic N) is 5. The molecule has 1 aliphatic rings. The second kappa shape index (κ2) is 22.0. The minimum Gasteiger partial charge on any atom is -0.506 e. The van der Waals surface area contributed by atoms with Crippen LogP contribution in [0.25, 0.3) is 26.7 Å². The number of para-hydroxylation sites is 1. The first-order valence-electron chi connectivity index (χ1n) is 16.6. The molecule has 3 heterocycles. The highest BCUT2D eigenvalue weighted by atomic mass is 79.9. The summed E-state index contributed by atoms with van der Waals surface area (Å²) in [5, 5.41) is 28.6. The van der Waals surface area contributed by atoms with E-state index in [1.807, 2.05) is 54.6 Å². The number of carbonyl (C=O) groups excluding carboxylic acids is 1. The van der Waals surface area contributed by atoms with Crippen molar-refractivity contribution in [1.29, 1.82) is 10.5 Å². The Kier molecular flexibility index (Phi) is 17.3. The number of allylic oxidation sites excluding steroid dienone is 1. The van der Waals surface area contributed by atoms with E-state index in [9.17, 15) is 15.2 Å². The third-order valence-electron chi connectivity index (χ3n) is 8.10. The monoisotopic (exact) mass is 908 g/mol. The minimum absolute atomic E-state index is 0. The molecule has 1 atom stereocenters. The zero-order chi connectivity index (χ0) is 41.5. The lowest BCUT2D eigenvalue weighted by atomic mass is 9.83. The van der Waals surface area contributed by atoms with Gasteiger partial charge in [0.2, 0.25) is 5.88 Å². The number of phenolic OH excluding ortho intramolecular Hbond substituents is 1. The molecule has 0 amide bonds. The number of nitriles is 2. The molecule has 2 aromatic heterocycles. The number of halogens is 2. The number of ether oxygens (including phenoxy) is 5. The number of nitrogens with two attached hydrogens (primary N) is 1. The van der Waals surface area contributed by atoms with E-state index in [-0.39, 0.29) is 25.6 Å². The lowest BCUT2D eigenvalue weighted by Crippen LogP contribution is -2.21. The quantitative estimate of drug-likeness (QED) is 0.0917. The lowest BCUT2D eigenvalue weighted by molar-refractivity contribution is 0.112. The second-order valence-electron chi connectivity index (χ2n) is 11.4. The predicted octanol–water partition coefficient (Wildman–Crippen LogP) is 9.52. The highest BCUT2D eigenvalue weighted by Gasteiger charge is 2.33. The molecule has 4 aromatic carbocycles. The Morgan fingerprint density at radius 2 is 1.45 bits per heavy atom. The van der Waals surface area contributed by atoms with Gasteiger partial charge in [0, 0.05) is 34.3 Å². The Labute approximate surface area is 352 Å². The van der Waals surface area contributed by atoms with Gasteiger partial charge >= 0.3 is 0 Å². The summed E-state index contributed by atoms with van der Waals surface area (Å²) in [5.41, 5.74) is 10.0. The smallest absolute Gasteiger partial charge is 0.298 e. The van der Waals surface area contributed by atoms with Gasteiger partial charge in [0.1, 0.15) is 40.8 Å². The van der Waals surface area contributed by atoms with Crippen LogP contribution in [0.1, 0.15) is 34.8 Å². The molecule has 0 aliphatic carbocycles. The Bertz CT molecular complexity index is 2550. The van der Waals surface area contributed by atoms with Crippen molar-refractivity contribution in [3.8, 4) is 46.6 Å². The number of aromatic hydroxyl groups is 1. The second-order valence-corrected chi connectivity index (χ2v) is 13.1. The summed E-state index contributed by atoms with van der Waals surface area (Å²) in [6.07, 6.45) is 4.13. The number of hydrogen-bond acceptors (Lipinski definition) is 12. The van der Waals surface area contributed by atoms with Crippen molar-refractivity contribution in [2.24, 2.45) is 5.73 Å². The molecule has 15 heteroatoms. The summed E-state index contributed by atoms with van der Waals surface area (Å²) in [7, 11) is 6.21. The van der Waals surface area contributed by atoms with Gasteiger partial charge < -0.3 is 39.4 Å². The lowest BCUT2D eigenvalue weighted by Gasteiger charge is -2.27. The van der Waals surface area contributed by atoms with Gasteiger partial charge in [-0.25, -0.2) is 6.57 Å². The molecule has 7 rings (SSSR count). The maximum Gasteiger partial charge on any atom is 0.298 e. The van der Waals surface area contributed by atoms with Gasteiger partial charge in [0.05, 0.1) is 43.3 Å². The highest BCUT2D eigenvalue weighted by molar-refractivity contribution is 9.11. The fraction of sp³-hybridized carbons (Fsp3) is 0.163. The molecule has 0 saturated carbocycles. The fourth-order valence-electron chi connectivity index (χ4n) is 5.63. The van der Waals surface area contributed by atoms with E-state index >= 15 is 0 Å². The normalized spacial score (nSPS) is 11.9. The van der Waals surface area contributed by atoms with Crippen LogP contribution < -0.4 is 29.4 Å². The number of fused-ring (bicyclic) bond motifs is 4. The molecule has 58 heavy (non-hydrogen) atoms. The molecular weight excluding hydrogens is 872 g/mol. The standard InChI is InChI=1S/C21H16BrN3O3.C9H9BrO3.C9H7NO.C3H2N2.CH4/c1-26-16-9-12(8-15(22)20(16)27-2)17-13-6-5-11-4-3-7-25-18(11)19(13)28-21(24)14(17)10-23;1-12-8-4-6(5-11)3-7(10)9(8)13-2;11-8-5-1-3-7-4-2-6-10-9(7)8;1-5-3-2-4;/h3-9,17H,24H2,1-2H3;3-5H,1-2H3;1-6,11H;3H2;1H4. The van der Waals surface area contributed by atoms with Crippen molar-refractivity contribution in [3.05, 3.63) is 140 Å². The van der Waals surface area contributed by atoms with Crippen molar-refractivity contribution >= 4 is 60.0 Å². The number of hydrogen-bond donors (Lipinski definition) is 2. The fourth-order valence-corrected chi connectivity index (χ4v) is 6.87. The molecule has 13 nitrogen and oxygen atoms in total. The molecular formula is C43H38Br2N6O7. The van der Waals surface area contributed by atoms with Crippen LogP contribution in [0.4, 0.5) is 0 Å². The van der Waals surface area contributed by atoms with Crippen molar-refractivity contribution in [2.75, 3.05) is 35.0 Å². The van der Waals surface area contributed by atoms with Crippen LogP contribution >= 0.6 is 31.9 Å². The summed E-state index contributed by atoms with van der Waals surface area (Å²) in [5.74, 6) is 2.71. The van der Waals surface area contributed by atoms with E-state index in [2.05, 4.69) is 52.7 Å². The first-order chi connectivity index (χ1) is 27.6. The van der Waals surface area contributed by atoms with Crippen molar-refractivity contribution in [2.45, 2.75) is 13.3 Å². The number of methoxy groups -OCH3 is 4. The first kappa shape index (κ1) is 45.5. The Hall–Kier alpha value is -6.86. The zero-order valence-corrected chi connectivity index (χ0v) is 34.2. The van der Waals surface area contributed by atoms with Gasteiger partial charge in [0.25, 0.3) is 6.54 Å². The highest BCUT2D eigenvalue weighted by Crippen LogP contribution is 2.47. The van der Waals surface area contributed by atoms with Gasteiger partial charge in [-0.2, -0.15) is 10.5 Å². The van der Waals surface area contributed by atoms with Crippen LogP contribution in [-0.4, -0.2) is 56.3 Å². The molecule has 3 N–H and O–H groups in total. The summed E-state index contributed by atoms with van der Waals surface area (Å²) in [6.45, 7) is 5.99. The van der Waals surface area contributed by atoms with E-state index in [0.29, 0.717) is 59.9 Å². The number of phenols is 1. The molecule has 1 unspecified atom stereocenters. The third kappa shape index (κ3) is 10.5. The summed E-state index contributed by atoms with van der Waals surface area (Å²) < 4.78 is 28.3. The van der Waals surface area contributed by atoms with Crippen LogP contribution in [-0.2, 0) is 0 Å². The number of benzene rings is 4. The molecule has 0 fully saturated rings. The van der Waals surface area contributed by atoms with Crippen LogP contribution in [0.2, 0.25) is 0 Å². The van der Waals surface area contributed by atoms with Crippen LogP contribution in [0.3, 0.4) is 0 Å². The molecule has 1 aliphatic heterocycles. The number of aldehydes is 1. The summed E-state index contributed by atoms with van der Waals surface area (Å²) in [4.78, 5) is 21.7. The van der Waals surface area contributed by atoms with Gasteiger partial charge in [-0.05, 0) is 79.9 Å². The Morgan fingerprint density at radius 1 is 0.862 bits per heavy atom. The van der Waals surface area contributed by atoms with E-state index in [1.54, 1.807) is 64.1 Å². The van der Waals surface area contributed by atoms with E-state index in [1.165, 1.54) is 7.11 Å². The van der Waals surface area contributed by atoms with Gasteiger partial charge in [0.15, 0.2) is 28.7 Å². The van der Waals surface area contributed by atoms with Crippen molar-refractivity contribution in [3.63, 3.8) is 0 Å². The maximum atomic E-state index is 10.5. The van der Waals surface area contributed by atoms with Crippen LogP contribution in [0.5, 0.6) is 34.5 Å². The number of pyridine rings is 2. The Morgan fingerprint density at radius 3 is 1.98 bits per heavy atom. The first-order valence-corrected chi connectivity index (χ1v) is 18.2.